The Morgan fingerprint density at radius 3 is 1.41 bits per heavy atom. The highest BCUT2D eigenvalue weighted by atomic mass is 15.2. The lowest BCUT2D eigenvalue weighted by molar-refractivity contribution is 1.03. The molecule has 2 heteroatoms. The fourth-order valence-electron chi connectivity index (χ4n) is 3.20. The smallest absolute Gasteiger partial charge is 0.0649 e. The van der Waals surface area contributed by atoms with Crippen molar-refractivity contribution in [2.45, 2.75) is 0 Å². The number of likely N-dealkylation sites (N-methyl/N-ethyl adjacent to an activating group) is 2. The first-order valence-corrected chi connectivity index (χ1v) is 7.51. The predicted molar refractivity (Wildman–Crippen MR) is 94.8 cm³/mol. The van der Waals surface area contributed by atoms with E-state index in [-0.39, 0.29) is 0 Å². The van der Waals surface area contributed by atoms with Crippen LogP contribution in [0.2, 0.25) is 0 Å². The van der Waals surface area contributed by atoms with Crippen molar-refractivity contribution in [3.05, 3.63) is 83.2 Å². The van der Waals surface area contributed by atoms with Crippen molar-refractivity contribution in [2.75, 3.05) is 23.9 Å². The summed E-state index contributed by atoms with van der Waals surface area (Å²) in [6.07, 6.45) is 8.79. The van der Waals surface area contributed by atoms with E-state index in [1.807, 2.05) is 0 Å². The first-order chi connectivity index (χ1) is 10.8. The Bertz CT molecular complexity index is 758. The number of para-hydroxylation sites is 2. The number of hydrogen-bond donors (Lipinski definition) is 0. The zero-order valence-electron chi connectivity index (χ0n) is 12.8. The maximum atomic E-state index is 2.26. The minimum atomic E-state index is 1.21. The first kappa shape index (κ1) is 13.0. The quantitative estimate of drug-likeness (QED) is 0.702. The number of nitrogens with zero attached hydrogens (tertiary/aromatic N) is 2. The molecule has 2 aromatic rings. The van der Waals surface area contributed by atoms with Gasteiger partial charge in [0.15, 0.2) is 0 Å². The second-order valence-electron chi connectivity index (χ2n) is 5.67. The van der Waals surface area contributed by atoms with Gasteiger partial charge in [0.05, 0.1) is 11.4 Å². The number of hydrogen-bond acceptors (Lipinski definition) is 2. The van der Waals surface area contributed by atoms with Crippen LogP contribution in [0.4, 0.5) is 11.4 Å². The Balaban J connectivity index is 1.84. The summed E-state index contributed by atoms with van der Waals surface area (Å²) < 4.78 is 0. The van der Waals surface area contributed by atoms with Gasteiger partial charge in [0.2, 0.25) is 0 Å². The van der Waals surface area contributed by atoms with Gasteiger partial charge >= 0.3 is 0 Å². The fourth-order valence-corrected chi connectivity index (χ4v) is 3.20. The van der Waals surface area contributed by atoms with Crippen molar-refractivity contribution in [3.8, 4) is 0 Å². The number of fused-ring (bicyclic) bond motifs is 2. The number of rotatable bonds is 0. The molecule has 0 saturated heterocycles. The van der Waals surface area contributed by atoms with E-state index in [1.165, 1.54) is 33.9 Å². The van der Waals surface area contributed by atoms with Crippen LogP contribution in [-0.2, 0) is 0 Å². The molecule has 2 nitrogen and oxygen atoms in total. The minimum absolute atomic E-state index is 1.21. The average Bonchev–Trinajstić information content (AvgIpc) is 2.57. The molecule has 2 aliphatic rings. The molecule has 2 aliphatic heterocycles. The van der Waals surface area contributed by atoms with Crippen molar-refractivity contribution >= 4 is 23.5 Å². The molecule has 0 aromatic heterocycles. The molecule has 2 aromatic carbocycles. The predicted octanol–water partition coefficient (Wildman–Crippen LogP) is 4.52. The van der Waals surface area contributed by atoms with E-state index < -0.39 is 0 Å². The molecular formula is C20H18N2. The first-order valence-electron chi connectivity index (χ1n) is 7.51. The Labute approximate surface area is 131 Å². The van der Waals surface area contributed by atoms with E-state index >= 15 is 0 Å². The van der Waals surface area contributed by atoms with Gasteiger partial charge in [-0.15, -0.1) is 0 Å². The number of anilines is 2. The number of allylic oxidation sites excluding steroid dienone is 2. The summed E-state index contributed by atoms with van der Waals surface area (Å²) in [4.78, 5) is 4.53. The van der Waals surface area contributed by atoms with Gasteiger partial charge < -0.3 is 9.80 Å². The van der Waals surface area contributed by atoms with Gasteiger partial charge in [-0.3, -0.25) is 0 Å². The summed E-state index contributed by atoms with van der Waals surface area (Å²) in [5.74, 6) is 0. The van der Waals surface area contributed by atoms with Gasteiger partial charge in [0, 0.05) is 25.5 Å². The molecule has 0 atom stereocenters. The highest BCUT2D eigenvalue weighted by Gasteiger charge is 2.21. The second-order valence-corrected chi connectivity index (χ2v) is 5.67. The summed E-state index contributed by atoms with van der Waals surface area (Å²) in [6.45, 7) is 0. The molecule has 0 unspecified atom stereocenters. The highest BCUT2D eigenvalue weighted by molar-refractivity contribution is 5.81. The molecule has 2 heterocycles. The van der Waals surface area contributed by atoms with Crippen LogP contribution >= 0.6 is 0 Å². The minimum Gasteiger partial charge on any atom is -0.342 e. The average molecular weight is 286 g/mol. The van der Waals surface area contributed by atoms with Gasteiger partial charge in [-0.1, -0.05) is 48.6 Å². The largest absolute Gasteiger partial charge is 0.342 e. The topological polar surface area (TPSA) is 6.48 Å². The molecular weight excluding hydrogens is 268 g/mol. The van der Waals surface area contributed by atoms with Crippen LogP contribution in [0.25, 0.3) is 12.2 Å². The van der Waals surface area contributed by atoms with Crippen molar-refractivity contribution in [2.24, 2.45) is 0 Å². The SMILES string of the molecule is CN1/C(=C2\C=Cc3ccccc3N2C)C=Cc2ccccc21. The highest BCUT2D eigenvalue weighted by Crippen LogP contribution is 2.35. The van der Waals surface area contributed by atoms with Crippen LogP contribution in [0.5, 0.6) is 0 Å². The summed E-state index contributed by atoms with van der Waals surface area (Å²) in [6, 6.07) is 17.0. The summed E-state index contributed by atoms with van der Waals surface area (Å²) in [5.41, 5.74) is 7.44. The lowest BCUT2D eigenvalue weighted by Crippen LogP contribution is -2.27. The Morgan fingerprint density at radius 1 is 0.545 bits per heavy atom. The van der Waals surface area contributed by atoms with Crippen LogP contribution in [0, 0.1) is 0 Å². The Morgan fingerprint density at radius 2 is 0.955 bits per heavy atom. The molecule has 4 rings (SSSR count). The van der Waals surface area contributed by atoms with Crippen LogP contribution in [0.15, 0.2) is 72.1 Å². The third-order valence-electron chi connectivity index (χ3n) is 4.42. The van der Waals surface area contributed by atoms with Gasteiger partial charge in [0.25, 0.3) is 0 Å². The zero-order valence-corrected chi connectivity index (χ0v) is 12.8. The van der Waals surface area contributed by atoms with Gasteiger partial charge in [-0.2, -0.15) is 0 Å². The molecule has 0 saturated carbocycles. The monoisotopic (exact) mass is 286 g/mol. The summed E-state index contributed by atoms with van der Waals surface area (Å²) in [7, 11) is 4.26. The van der Waals surface area contributed by atoms with Crippen molar-refractivity contribution in [3.63, 3.8) is 0 Å². The molecule has 0 N–H and O–H groups in total. The standard InChI is InChI=1S/C20H18N2/c1-21-17-9-5-3-7-15(17)11-13-19(21)20-14-12-16-8-4-6-10-18(16)22(20)2/h3-14H,1-2H3/b20-19+. The summed E-state index contributed by atoms with van der Waals surface area (Å²) >= 11 is 0. The molecule has 22 heavy (non-hydrogen) atoms. The van der Waals surface area contributed by atoms with Crippen LogP contribution in [0.3, 0.4) is 0 Å². The van der Waals surface area contributed by atoms with E-state index in [1.54, 1.807) is 0 Å². The Hall–Kier alpha value is -2.74. The van der Waals surface area contributed by atoms with E-state index in [0.717, 1.165) is 0 Å². The van der Waals surface area contributed by atoms with Gasteiger partial charge in [0.1, 0.15) is 0 Å². The molecule has 0 aliphatic carbocycles. The fraction of sp³-hybridized carbons (Fsp3) is 0.100. The van der Waals surface area contributed by atoms with Crippen molar-refractivity contribution in [1.82, 2.24) is 0 Å². The van der Waals surface area contributed by atoms with Crippen LogP contribution < -0.4 is 9.80 Å². The summed E-state index contributed by atoms with van der Waals surface area (Å²) in [5, 5.41) is 0. The maximum Gasteiger partial charge on any atom is 0.0649 e. The molecule has 0 amide bonds. The zero-order chi connectivity index (χ0) is 15.1. The van der Waals surface area contributed by atoms with E-state index in [4.69, 9.17) is 0 Å². The third kappa shape index (κ3) is 1.88. The number of benzene rings is 2. The molecule has 0 bridgehead atoms. The lowest BCUT2D eigenvalue weighted by atomic mass is 10.0. The Kier molecular flexibility index (Phi) is 2.90. The molecule has 0 fully saturated rings. The van der Waals surface area contributed by atoms with Gasteiger partial charge in [-0.05, 0) is 35.4 Å². The van der Waals surface area contributed by atoms with E-state index in [0.29, 0.717) is 0 Å². The maximum absolute atomic E-state index is 2.26. The van der Waals surface area contributed by atoms with Crippen molar-refractivity contribution < 1.29 is 0 Å². The molecule has 108 valence electrons. The van der Waals surface area contributed by atoms with Crippen molar-refractivity contribution in [1.29, 1.82) is 0 Å². The molecule has 0 radical (unpaired) electrons. The third-order valence-corrected chi connectivity index (χ3v) is 4.42. The second kappa shape index (κ2) is 4.92. The van der Waals surface area contributed by atoms with Crippen LogP contribution in [0.1, 0.15) is 11.1 Å². The lowest BCUT2D eigenvalue weighted by Gasteiger charge is -2.33. The van der Waals surface area contributed by atoms with Crippen LogP contribution in [-0.4, -0.2) is 14.1 Å². The van der Waals surface area contributed by atoms with Gasteiger partial charge in [-0.25, -0.2) is 0 Å². The van der Waals surface area contributed by atoms with E-state index in [2.05, 4.69) is 96.7 Å². The molecule has 0 spiro atoms. The van der Waals surface area contributed by atoms with E-state index in [9.17, 15) is 0 Å². The normalized spacial score (nSPS) is 19.2.